The van der Waals surface area contributed by atoms with Crippen LogP contribution in [0.15, 0.2) is 70.2 Å². The van der Waals surface area contributed by atoms with Crippen LogP contribution in [0.3, 0.4) is 0 Å². The number of hydrogen-bond acceptors (Lipinski definition) is 6. The third kappa shape index (κ3) is 5.21. The lowest BCUT2D eigenvalue weighted by Crippen LogP contribution is -2.23. The maximum Gasteiger partial charge on any atom is 0.338 e. The number of carbonyl (C=O) groups excluding carboxylic acids is 1. The number of halogens is 1. The number of sulfonamides is 1. The van der Waals surface area contributed by atoms with Crippen molar-refractivity contribution in [2.75, 3.05) is 7.11 Å². The van der Waals surface area contributed by atoms with Gasteiger partial charge in [-0.2, -0.15) is 0 Å². The van der Waals surface area contributed by atoms with E-state index >= 15 is 0 Å². The van der Waals surface area contributed by atoms with Crippen molar-refractivity contribution in [2.24, 2.45) is 0 Å². The minimum atomic E-state index is -3.77. The highest BCUT2D eigenvalue weighted by molar-refractivity contribution is 7.89. The predicted molar refractivity (Wildman–Crippen MR) is 101 cm³/mol. The van der Waals surface area contributed by atoms with Gasteiger partial charge in [0.15, 0.2) is 0 Å². The first-order valence-electron chi connectivity index (χ1n) is 8.51. The van der Waals surface area contributed by atoms with Crippen LogP contribution < -0.4 is 9.46 Å². The van der Waals surface area contributed by atoms with Gasteiger partial charge in [-0.05, 0) is 54.6 Å². The molecule has 0 bridgehead atoms. The van der Waals surface area contributed by atoms with E-state index in [2.05, 4.69) is 4.72 Å². The molecule has 0 aliphatic rings. The van der Waals surface area contributed by atoms with Gasteiger partial charge in [-0.15, -0.1) is 0 Å². The quantitative estimate of drug-likeness (QED) is 0.563. The lowest BCUT2D eigenvalue weighted by Gasteiger charge is -2.10. The van der Waals surface area contributed by atoms with E-state index in [1.807, 2.05) is 0 Å². The number of furan rings is 1. The Morgan fingerprint density at radius 1 is 1.14 bits per heavy atom. The van der Waals surface area contributed by atoms with Gasteiger partial charge in [0.1, 0.15) is 23.9 Å². The zero-order valence-corrected chi connectivity index (χ0v) is 16.2. The predicted octanol–water partition coefficient (Wildman–Crippen LogP) is 3.26. The van der Waals surface area contributed by atoms with Crippen LogP contribution in [-0.2, 0) is 27.9 Å². The maximum absolute atomic E-state index is 13.4. The Labute approximate surface area is 167 Å². The maximum atomic E-state index is 13.4. The van der Waals surface area contributed by atoms with Crippen LogP contribution in [0.25, 0.3) is 0 Å². The molecule has 2 aromatic carbocycles. The van der Waals surface area contributed by atoms with E-state index in [0.717, 1.165) is 0 Å². The smallest absolute Gasteiger partial charge is 0.338 e. The van der Waals surface area contributed by atoms with Crippen LogP contribution in [0, 0.1) is 5.82 Å². The first-order valence-corrected chi connectivity index (χ1v) is 9.99. The molecule has 0 aliphatic carbocycles. The fourth-order valence-corrected chi connectivity index (χ4v) is 3.51. The van der Waals surface area contributed by atoms with Gasteiger partial charge in [-0.3, -0.25) is 0 Å². The summed E-state index contributed by atoms with van der Waals surface area (Å²) in [5.41, 5.74) is 0.535. The summed E-state index contributed by atoms with van der Waals surface area (Å²) in [7, 11) is -2.34. The first kappa shape index (κ1) is 20.6. The summed E-state index contributed by atoms with van der Waals surface area (Å²) < 4.78 is 55.7. The normalized spacial score (nSPS) is 11.2. The fraction of sp³-hybridized carbons (Fsp3) is 0.150. The highest BCUT2D eigenvalue weighted by Crippen LogP contribution is 2.21. The summed E-state index contributed by atoms with van der Waals surface area (Å²) in [4.78, 5) is 12.2. The van der Waals surface area contributed by atoms with Gasteiger partial charge in [-0.1, -0.05) is 0 Å². The van der Waals surface area contributed by atoms with E-state index in [1.165, 1.54) is 55.8 Å². The molecule has 3 aromatic rings. The van der Waals surface area contributed by atoms with Crippen LogP contribution in [0.2, 0.25) is 0 Å². The molecule has 3 rings (SSSR count). The van der Waals surface area contributed by atoms with Crippen molar-refractivity contribution in [3.05, 3.63) is 83.6 Å². The second-order valence-corrected chi connectivity index (χ2v) is 7.73. The molecule has 0 spiro atoms. The number of benzene rings is 2. The molecule has 7 nitrogen and oxygen atoms in total. The molecular formula is C20H18FNO6S. The van der Waals surface area contributed by atoms with Crippen molar-refractivity contribution in [1.29, 1.82) is 0 Å². The molecule has 29 heavy (non-hydrogen) atoms. The van der Waals surface area contributed by atoms with Crippen LogP contribution in [0.5, 0.6) is 5.75 Å². The second-order valence-electron chi connectivity index (χ2n) is 5.96. The standard InChI is InChI=1S/C20H18FNO6S/c1-26-19-9-6-16(21)11-15(19)13-28-20(23)14-4-7-18(8-5-14)29(24,25)22-12-17-3-2-10-27-17/h2-11,22H,12-13H2,1H3. The Hall–Kier alpha value is -3.17. The topological polar surface area (TPSA) is 94.8 Å². The molecule has 0 saturated carbocycles. The molecular weight excluding hydrogens is 401 g/mol. The Bertz CT molecular complexity index is 1080. The minimum Gasteiger partial charge on any atom is -0.496 e. The average molecular weight is 419 g/mol. The SMILES string of the molecule is COc1ccc(F)cc1COC(=O)c1ccc(S(=O)(=O)NCc2ccco2)cc1. The summed E-state index contributed by atoms with van der Waals surface area (Å²) in [6.45, 7) is -0.181. The van der Waals surface area contributed by atoms with Gasteiger partial charge in [0.2, 0.25) is 10.0 Å². The molecule has 0 unspecified atom stereocenters. The third-order valence-electron chi connectivity index (χ3n) is 4.02. The van der Waals surface area contributed by atoms with E-state index < -0.39 is 21.8 Å². The number of methoxy groups -OCH3 is 1. The molecule has 1 N–H and O–H groups in total. The van der Waals surface area contributed by atoms with Crippen LogP contribution in [0.4, 0.5) is 4.39 Å². The zero-order valence-electron chi connectivity index (χ0n) is 15.4. The highest BCUT2D eigenvalue weighted by atomic mass is 32.2. The van der Waals surface area contributed by atoms with Crippen molar-refractivity contribution < 1.29 is 31.5 Å². The zero-order chi connectivity index (χ0) is 20.9. The van der Waals surface area contributed by atoms with E-state index in [9.17, 15) is 17.6 Å². The van der Waals surface area contributed by atoms with Gasteiger partial charge in [0, 0.05) is 5.56 Å². The average Bonchev–Trinajstić information content (AvgIpc) is 3.24. The van der Waals surface area contributed by atoms with Crippen LogP contribution >= 0.6 is 0 Å². The van der Waals surface area contributed by atoms with Crippen LogP contribution in [-0.4, -0.2) is 21.5 Å². The molecule has 9 heteroatoms. The molecule has 152 valence electrons. The molecule has 1 heterocycles. The highest BCUT2D eigenvalue weighted by Gasteiger charge is 2.16. The van der Waals surface area contributed by atoms with Crippen molar-refractivity contribution in [2.45, 2.75) is 18.0 Å². The van der Waals surface area contributed by atoms with E-state index in [-0.39, 0.29) is 23.6 Å². The second kappa shape index (κ2) is 8.89. The van der Waals surface area contributed by atoms with Gasteiger partial charge in [-0.25, -0.2) is 22.3 Å². The third-order valence-corrected chi connectivity index (χ3v) is 5.44. The van der Waals surface area contributed by atoms with E-state index in [1.54, 1.807) is 12.1 Å². The lowest BCUT2D eigenvalue weighted by molar-refractivity contribution is 0.0469. The van der Waals surface area contributed by atoms with E-state index in [0.29, 0.717) is 17.1 Å². The number of ether oxygens (including phenoxy) is 2. The minimum absolute atomic E-state index is 0.00703. The summed E-state index contributed by atoms with van der Waals surface area (Å²) >= 11 is 0. The fourth-order valence-electron chi connectivity index (χ4n) is 2.52. The first-order chi connectivity index (χ1) is 13.9. The molecule has 0 fully saturated rings. The summed E-state index contributed by atoms with van der Waals surface area (Å²) in [5, 5.41) is 0. The molecule has 0 saturated heterocycles. The number of nitrogens with one attached hydrogen (secondary N) is 1. The van der Waals surface area contributed by atoms with Gasteiger partial charge >= 0.3 is 5.97 Å². The molecule has 0 radical (unpaired) electrons. The van der Waals surface area contributed by atoms with Crippen molar-refractivity contribution in [3.63, 3.8) is 0 Å². The van der Waals surface area contributed by atoms with Crippen molar-refractivity contribution in [1.82, 2.24) is 4.72 Å². The summed E-state index contributed by atoms with van der Waals surface area (Å²) in [5.74, 6) is -0.290. The van der Waals surface area contributed by atoms with Gasteiger partial charge in [0.25, 0.3) is 0 Å². The summed E-state index contributed by atoms with van der Waals surface area (Å²) in [6.07, 6.45) is 1.45. The number of carbonyl (C=O) groups is 1. The molecule has 1 aromatic heterocycles. The van der Waals surface area contributed by atoms with E-state index in [4.69, 9.17) is 13.9 Å². The Morgan fingerprint density at radius 2 is 1.90 bits per heavy atom. The van der Waals surface area contributed by atoms with Crippen molar-refractivity contribution in [3.8, 4) is 5.75 Å². The van der Waals surface area contributed by atoms with Gasteiger partial charge in [0.05, 0.1) is 30.4 Å². The molecule has 0 atom stereocenters. The lowest BCUT2D eigenvalue weighted by atomic mass is 10.2. The molecule has 0 aliphatic heterocycles. The molecule has 0 amide bonds. The van der Waals surface area contributed by atoms with Crippen LogP contribution in [0.1, 0.15) is 21.7 Å². The Balaban J connectivity index is 1.63. The summed E-state index contributed by atoms with van der Waals surface area (Å²) in [6, 6.07) is 12.5. The number of hydrogen-bond donors (Lipinski definition) is 1. The Kier molecular flexibility index (Phi) is 6.30. The monoisotopic (exact) mass is 419 g/mol. The largest absolute Gasteiger partial charge is 0.496 e. The Morgan fingerprint density at radius 3 is 2.55 bits per heavy atom. The number of rotatable bonds is 8. The van der Waals surface area contributed by atoms with Crippen molar-refractivity contribution >= 4 is 16.0 Å². The van der Waals surface area contributed by atoms with Gasteiger partial charge < -0.3 is 13.9 Å². The number of esters is 1.